The monoisotopic (exact) mass is 271 g/mol. The molecule has 0 spiro atoms. The third kappa shape index (κ3) is 5.16. The lowest BCUT2D eigenvalue weighted by Crippen LogP contribution is -2.52. The molecule has 0 aromatic rings. The number of nitrogens with one attached hydrogen (secondary N) is 1. The molecule has 3 amide bonds. The number of urea groups is 1. The Labute approximate surface area is 114 Å². The zero-order valence-corrected chi connectivity index (χ0v) is 11.8. The van der Waals surface area contributed by atoms with Gasteiger partial charge in [0.25, 0.3) is 0 Å². The molecular weight excluding hydrogens is 246 g/mol. The maximum Gasteiger partial charge on any atom is 0.318 e. The summed E-state index contributed by atoms with van der Waals surface area (Å²) in [6.07, 6.45) is 4.50. The molecule has 0 aromatic heterocycles. The van der Waals surface area contributed by atoms with Crippen molar-refractivity contribution in [2.24, 2.45) is 5.73 Å². The van der Waals surface area contributed by atoms with Crippen molar-refractivity contribution in [1.29, 1.82) is 0 Å². The lowest BCUT2D eigenvalue weighted by Gasteiger charge is -2.34. The molecule has 0 bridgehead atoms. The minimum Gasteiger partial charge on any atom is -0.393 e. The summed E-state index contributed by atoms with van der Waals surface area (Å²) in [5.41, 5.74) is 4.98. The molecule has 0 saturated carbocycles. The summed E-state index contributed by atoms with van der Waals surface area (Å²) >= 11 is 0. The third-order valence-corrected chi connectivity index (χ3v) is 3.66. The van der Waals surface area contributed by atoms with Gasteiger partial charge in [0.05, 0.1) is 12.1 Å². The Morgan fingerprint density at radius 1 is 1.37 bits per heavy atom. The molecule has 6 nitrogen and oxygen atoms in total. The molecule has 0 aliphatic carbocycles. The van der Waals surface area contributed by atoms with E-state index < -0.39 is 18.2 Å². The number of carbonyl (C=O) groups excluding carboxylic acids is 2. The quantitative estimate of drug-likeness (QED) is 0.697. The SMILES string of the molecule is CC(O)CC1CCCCCN1C(C)C(=O)NC(N)=O. The maximum absolute atomic E-state index is 11.9. The molecule has 3 unspecified atom stereocenters. The number of primary amides is 1. The summed E-state index contributed by atoms with van der Waals surface area (Å²) in [7, 11) is 0. The van der Waals surface area contributed by atoms with Crippen molar-refractivity contribution in [1.82, 2.24) is 10.2 Å². The molecule has 4 N–H and O–H groups in total. The first-order chi connectivity index (χ1) is 8.91. The highest BCUT2D eigenvalue weighted by Crippen LogP contribution is 2.22. The first-order valence-electron chi connectivity index (χ1n) is 6.96. The summed E-state index contributed by atoms with van der Waals surface area (Å²) in [4.78, 5) is 24.7. The number of nitrogens with two attached hydrogens (primary N) is 1. The van der Waals surface area contributed by atoms with Crippen molar-refractivity contribution >= 4 is 11.9 Å². The van der Waals surface area contributed by atoms with Crippen molar-refractivity contribution in [2.45, 2.75) is 64.1 Å². The second kappa shape index (κ2) is 7.45. The number of aliphatic hydroxyl groups is 1. The van der Waals surface area contributed by atoms with Crippen LogP contribution in [0, 0.1) is 0 Å². The Morgan fingerprint density at radius 3 is 2.63 bits per heavy atom. The minimum atomic E-state index is -0.821. The second-order valence-electron chi connectivity index (χ2n) is 5.36. The lowest BCUT2D eigenvalue weighted by atomic mass is 10.0. The van der Waals surface area contributed by atoms with Crippen LogP contribution in [-0.2, 0) is 4.79 Å². The van der Waals surface area contributed by atoms with Crippen LogP contribution in [0.25, 0.3) is 0 Å². The van der Waals surface area contributed by atoms with Crippen LogP contribution in [0.3, 0.4) is 0 Å². The van der Waals surface area contributed by atoms with Gasteiger partial charge in [-0.2, -0.15) is 0 Å². The fraction of sp³-hybridized carbons (Fsp3) is 0.846. The van der Waals surface area contributed by atoms with E-state index in [9.17, 15) is 14.7 Å². The first-order valence-corrected chi connectivity index (χ1v) is 6.96. The molecule has 1 rings (SSSR count). The van der Waals surface area contributed by atoms with E-state index in [4.69, 9.17) is 5.73 Å². The van der Waals surface area contributed by atoms with Crippen molar-refractivity contribution < 1.29 is 14.7 Å². The molecule has 110 valence electrons. The smallest absolute Gasteiger partial charge is 0.318 e. The predicted octanol–water partition coefficient (Wildman–Crippen LogP) is 0.585. The number of hydrogen-bond donors (Lipinski definition) is 3. The zero-order chi connectivity index (χ0) is 14.4. The Balaban J connectivity index is 2.72. The molecule has 1 heterocycles. The van der Waals surface area contributed by atoms with Crippen LogP contribution < -0.4 is 11.1 Å². The number of rotatable bonds is 4. The number of carbonyl (C=O) groups is 2. The number of amides is 3. The average molecular weight is 271 g/mol. The highest BCUT2D eigenvalue weighted by atomic mass is 16.3. The number of hydrogen-bond acceptors (Lipinski definition) is 4. The van der Waals surface area contributed by atoms with Gasteiger partial charge in [-0.25, -0.2) is 4.79 Å². The van der Waals surface area contributed by atoms with Crippen molar-refractivity contribution in [2.75, 3.05) is 6.54 Å². The minimum absolute atomic E-state index is 0.177. The van der Waals surface area contributed by atoms with E-state index in [1.165, 1.54) is 0 Å². The van der Waals surface area contributed by atoms with Crippen molar-refractivity contribution in [3.8, 4) is 0 Å². The Hall–Kier alpha value is -1.14. The van der Waals surface area contributed by atoms with E-state index in [0.29, 0.717) is 6.42 Å². The molecule has 0 aromatic carbocycles. The van der Waals surface area contributed by atoms with Gasteiger partial charge < -0.3 is 10.8 Å². The van der Waals surface area contributed by atoms with Crippen molar-refractivity contribution in [3.63, 3.8) is 0 Å². The topological polar surface area (TPSA) is 95.7 Å². The Morgan fingerprint density at radius 2 is 2.05 bits per heavy atom. The Bertz CT molecular complexity index is 320. The van der Waals surface area contributed by atoms with E-state index >= 15 is 0 Å². The van der Waals surface area contributed by atoms with E-state index in [-0.39, 0.29) is 11.9 Å². The normalized spacial score (nSPS) is 24.3. The standard InChI is InChI=1S/C13H25N3O3/c1-9(17)8-11-6-4-3-5-7-16(11)10(2)12(18)15-13(14)19/h9-11,17H,3-8H2,1-2H3,(H3,14,15,18,19). The van der Waals surface area contributed by atoms with Gasteiger partial charge in [-0.15, -0.1) is 0 Å². The van der Waals surface area contributed by atoms with Crippen LogP contribution in [0.4, 0.5) is 4.79 Å². The van der Waals surface area contributed by atoms with Gasteiger partial charge in [0.1, 0.15) is 0 Å². The number of imide groups is 1. The Kier molecular flexibility index (Phi) is 6.24. The van der Waals surface area contributed by atoms with Crippen molar-refractivity contribution in [3.05, 3.63) is 0 Å². The number of likely N-dealkylation sites (tertiary alicyclic amines) is 1. The van der Waals surface area contributed by atoms with Crippen LogP contribution in [0.2, 0.25) is 0 Å². The van der Waals surface area contributed by atoms with Gasteiger partial charge >= 0.3 is 6.03 Å². The zero-order valence-electron chi connectivity index (χ0n) is 11.8. The molecule has 1 aliphatic heterocycles. The van der Waals surface area contributed by atoms with Gasteiger partial charge in [0, 0.05) is 6.04 Å². The third-order valence-electron chi connectivity index (χ3n) is 3.66. The van der Waals surface area contributed by atoms with Crippen LogP contribution in [0.1, 0.15) is 46.0 Å². The molecule has 3 atom stereocenters. The van der Waals surface area contributed by atoms with Gasteiger partial charge in [0.2, 0.25) is 5.91 Å². The van der Waals surface area contributed by atoms with E-state index in [2.05, 4.69) is 10.2 Å². The molecule has 19 heavy (non-hydrogen) atoms. The highest BCUT2D eigenvalue weighted by Gasteiger charge is 2.30. The molecule has 1 saturated heterocycles. The average Bonchev–Trinajstić information content (AvgIpc) is 2.52. The van der Waals surface area contributed by atoms with Gasteiger partial charge in [0.15, 0.2) is 0 Å². The van der Waals surface area contributed by atoms with Crippen LogP contribution in [-0.4, -0.2) is 46.7 Å². The number of aliphatic hydroxyl groups excluding tert-OH is 1. The number of nitrogens with zero attached hydrogens (tertiary/aromatic N) is 1. The largest absolute Gasteiger partial charge is 0.393 e. The fourth-order valence-corrected chi connectivity index (χ4v) is 2.73. The lowest BCUT2D eigenvalue weighted by molar-refractivity contribution is -0.125. The second-order valence-corrected chi connectivity index (χ2v) is 5.36. The molecule has 0 radical (unpaired) electrons. The summed E-state index contributed by atoms with van der Waals surface area (Å²) in [5, 5.41) is 11.7. The highest BCUT2D eigenvalue weighted by molar-refractivity contribution is 5.96. The van der Waals surface area contributed by atoms with Gasteiger partial charge in [-0.1, -0.05) is 12.8 Å². The van der Waals surface area contributed by atoms with E-state index in [0.717, 1.165) is 32.2 Å². The fourth-order valence-electron chi connectivity index (χ4n) is 2.73. The van der Waals surface area contributed by atoms with E-state index in [1.807, 2.05) is 0 Å². The van der Waals surface area contributed by atoms with Crippen LogP contribution in [0.15, 0.2) is 0 Å². The molecule has 6 heteroatoms. The molecular formula is C13H25N3O3. The molecule has 1 aliphatic rings. The van der Waals surface area contributed by atoms with Crippen LogP contribution >= 0.6 is 0 Å². The predicted molar refractivity (Wildman–Crippen MR) is 72.4 cm³/mol. The van der Waals surface area contributed by atoms with E-state index in [1.54, 1.807) is 13.8 Å². The van der Waals surface area contributed by atoms with Crippen LogP contribution in [0.5, 0.6) is 0 Å². The maximum atomic E-state index is 11.9. The van der Waals surface area contributed by atoms with Gasteiger partial charge in [-0.05, 0) is 39.7 Å². The summed E-state index contributed by atoms with van der Waals surface area (Å²) in [6.45, 7) is 4.35. The van der Waals surface area contributed by atoms with Gasteiger partial charge in [-0.3, -0.25) is 15.0 Å². The first kappa shape index (κ1) is 15.9. The summed E-state index contributed by atoms with van der Waals surface area (Å²) in [6, 6.07) is -1.05. The summed E-state index contributed by atoms with van der Waals surface area (Å²) < 4.78 is 0. The summed E-state index contributed by atoms with van der Waals surface area (Å²) in [5.74, 6) is -0.370. The molecule has 1 fully saturated rings.